The Morgan fingerprint density at radius 2 is 1.86 bits per heavy atom. The van der Waals surface area contributed by atoms with Gasteiger partial charge < -0.3 is 4.42 Å². The second-order valence-electron chi connectivity index (χ2n) is 4.43. The Morgan fingerprint density at radius 1 is 1.14 bits per heavy atom. The molecule has 1 aromatic carbocycles. The molecule has 2 heterocycles. The smallest absolute Gasteiger partial charge is 0.299 e. The molecule has 0 spiro atoms. The third-order valence-electron chi connectivity index (χ3n) is 3.13. The molecule has 21 heavy (non-hydrogen) atoms. The number of fused-ring (bicyclic) bond motifs is 1. The van der Waals surface area contributed by atoms with Crippen LogP contribution in [0, 0.1) is 11.6 Å². The van der Waals surface area contributed by atoms with Gasteiger partial charge in [-0.05, 0) is 18.2 Å². The number of aldehydes is 1. The fourth-order valence-corrected chi connectivity index (χ4v) is 2.14. The van der Waals surface area contributed by atoms with Crippen LogP contribution in [0.2, 0.25) is 0 Å². The van der Waals surface area contributed by atoms with E-state index in [0.717, 1.165) is 11.0 Å². The molecule has 1 aromatic heterocycles. The molecule has 0 saturated carbocycles. The molecule has 2 aromatic rings. The van der Waals surface area contributed by atoms with Gasteiger partial charge in [0.15, 0.2) is 23.7 Å². The molecule has 0 atom stereocenters. The average Bonchev–Trinajstić information content (AvgIpc) is 3.01. The second-order valence-corrected chi connectivity index (χ2v) is 4.43. The first-order valence-corrected chi connectivity index (χ1v) is 5.90. The number of amides is 1. The molecule has 0 N–H and O–H groups in total. The normalized spacial score (nSPS) is 13.7. The van der Waals surface area contributed by atoms with E-state index in [4.69, 9.17) is 4.42 Å². The van der Waals surface area contributed by atoms with Gasteiger partial charge in [-0.1, -0.05) is 0 Å². The van der Waals surface area contributed by atoms with Crippen molar-refractivity contribution < 1.29 is 27.6 Å². The van der Waals surface area contributed by atoms with Crippen LogP contribution in [0.3, 0.4) is 0 Å². The maximum Gasteiger partial charge on any atom is 0.299 e. The Kier molecular flexibility index (Phi) is 2.90. The number of halogens is 2. The number of anilines is 1. The lowest BCUT2D eigenvalue weighted by molar-refractivity contribution is -0.114. The molecule has 0 unspecified atom stereocenters. The quantitative estimate of drug-likeness (QED) is 0.641. The van der Waals surface area contributed by atoms with Gasteiger partial charge in [0.2, 0.25) is 0 Å². The highest BCUT2D eigenvalue weighted by Crippen LogP contribution is 2.32. The van der Waals surface area contributed by atoms with Crippen molar-refractivity contribution in [1.29, 1.82) is 0 Å². The van der Waals surface area contributed by atoms with Crippen molar-refractivity contribution in [3.8, 4) is 0 Å². The van der Waals surface area contributed by atoms with Gasteiger partial charge in [-0.3, -0.25) is 19.3 Å². The first kappa shape index (κ1) is 13.2. The zero-order valence-corrected chi connectivity index (χ0v) is 10.4. The van der Waals surface area contributed by atoms with Crippen LogP contribution in [0.15, 0.2) is 28.7 Å². The number of hydrogen-bond donors (Lipinski definition) is 0. The number of hydrogen-bond acceptors (Lipinski definition) is 4. The number of furan rings is 1. The van der Waals surface area contributed by atoms with Crippen LogP contribution < -0.4 is 4.90 Å². The number of Topliss-reactive ketones (excluding diaryl/α,β-unsaturated/α-hetero) is 1. The molecular formula is C14H7F2NO4. The van der Waals surface area contributed by atoms with Gasteiger partial charge in [0.1, 0.15) is 5.76 Å². The minimum Gasteiger partial charge on any atom is -0.456 e. The summed E-state index contributed by atoms with van der Waals surface area (Å²) < 4.78 is 31.6. The number of nitrogens with zero attached hydrogens (tertiary/aromatic N) is 1. The molecule has 1 amide bonds. The van der Waals surface area contributed by atoms with Gasteiger partial charge >= 0.3 is 0 Å². The van der Waals surface area contributed by atoms with E-state index in [0.29, 0.717) is 12.4 Å². The van der Waals surface area contributed by atoms with Gasteiger partial charge in [-0.15, -0.1) is 0 Å². The zero-order chi connectivity index (χ0) is 15.1. The highest BCUT2D eigenvalue weighted by molar-refractivity contribution is 6.52. The lowest BCUT2D eigenvalue weighted by Crippen LogP contribution is -2.28. The van der Waals surface area contributed by atoms with Crippen molar-refractivity contribution in [3.63, 3.8) is 0 Å². The molecule has 0 bridgehead atoms. The summed E-state index contributed by atoms with van der Waals surface area (Å²) in [5, 5.41) is 0. The Balaban J connectivity index is 2.00. The number of carbonyl (C=O) groups excluding carboxylic acids is 3. The van der Waals surface area contributed by atoms with E-state index in [1.165, 1.54) is 12.1 Å². The van der Waals surface area contributed by atoms with Crippen LogP contribution in [0.4, 0.5) is 14.5 Å². The minimum absolute atomic E-state index is 0.0204. The minimum atomic E-state index is -1.20. The largest absolute Gasteiger partial charge is 0.456 e. The van der Waals surface area contributed by atoms with E-state index in [2.05, 4.69) is 0 Å². The van der Waals surface area contributed by atoms with Gasteiger partial charge in [0.05, 0.1) is 17.8 Å². The fourth-order valence-electron chi connectivity index (χ4n) is 2.14. The van der Waals surface area contributed by atoms with Crippen molar-refractivity contribution in [2.45, 2.75) is 6.54 Å². The van der Waals surface area contributed by atoms with Crippen LogP contribution in [0.5, 0.6) is 0 Å². The van der Waals surface area contributed by atoms with E-state index in [-0.39, 0.29) is 29.3 Å². The number of carbonyl (C=O) groups is 3. The van der Waals surface area contributed by atoms with E-state index in [9.17, 15) is 23.2 Å². The third-order valence-corrected chi connectivity index (χ3v) is 3.13. The summed E-state index contributed by atoms with van der Waals surface area (Å²) in [7, 11) is 0. The van der Waals surface area contributed by atoms with E-state index < -0.39 is 23.3 Å². The zero-order valence-electron chi connectivity index (χ0n) is 10.4. The first-order chi connectivity index (χ1) is 10.0. The van der Waals surface area contributed by atoms with Gasteiger partial charge in [0, 0.05) is 6.07 Å². The molecule has 7 heteroatoms. The number of benzene rings is 1. The summed E-state index contributed by atoms with van der Waals surface area (Å²) in [4.78, 5) is 35.2. The topological polar surface area (TPSA) is 67.6 Å². The molecule has 5 nitrogen and oxygen atoms in total. The van der Waals surface area contributed by atoms with Crippen LogP contribution in [-0.4, -0.2) is 18.0 Å². The third kappa shape index (κ3) is 2.03. The Morgan fingerprint density at radius 3 is 2.52 bits per heavy atom. The van der Waals surface area contributed by atoms with E-state index >= 15 is 0 Å². The lowest BCUT2D eigenvalue weighted by Gasteiger charge is -2.14. The molecule has 1 aliphatic heterocycles. The maximum atomic E-state index is 13.3. The molecule has 0 fully saturated rings. The fraction of sp³-hybridized carbons (Fsp3) is 0.0714. The van der Waals surface area contributed by atoms with Crippen LogP contribution in [0.25, 0.3) is 0 Å². The van der Waals surface area contributed by atoms with E-state index in [1.807, 2.05) is 0 Å². The van der Waals surface area contributed by atoms with Gasteiger partial charge in [-0.2, -0.15) is 0 Å². The van der Waals surface area contributed by atoms with Crippen molar-refractivity contribution in [2.75, 3.05) is 4.90 Å². The van der Waals surface area contributed by atoms with Crippen molar-refractivity contribution in [1.82, 2.24) is 0 Å². The van der Waals surface area contributed by atoms with Crippen LogP contribution in [-0.2, 0) is 11.3 Å². The standard InChI is InChI=1S/C14H7F2NO4/c15-10-3-9-12(4-11(10)16)17(14(20)13(9)19)5-7-1-2-8(6-18)21-7/h1-4,6H,5H2. The van der Waals surface area contributed by atoms with Crippen molar-refractivity contribution >= 4 is 23.7 Å². The summed E-state index contributed by atoms with van der Waals surface area (Å²) in [6.07, 6.45) is 0.490. The first-order valence-electron chi connectivity index (χ1n) is 5.90. The predicted octanol–water partition coefficient (Wildman–Crippen LogP) is 2.10. The molecule has 0 saturated heterocycles. The number of rotatable bonds is 3. The highest BCUT2D eigenvalue weighted by Gasteiger charge is 2.37. The molecule has 3 rings (SSSR count). The van der Waals surface area contributed by atoms with Crippen LogP contribution in [0.1, 0.15) is 26.7 Å². The predicted molar refractivity (Wildman–Crippen MR) is 66.0 cm³/mol. The summed E-state index contributed by atoms with van der Waals surface area (Å²) in [5.41, 5.74) is -0.214. The van der Waals surface area contributed by atoms with E-state index in [1.54, 1.807) is 0 Å². The van der Waals surface area contributed by atoms with Crippen molar-refractivity contribution in [3.05, 3.63) is 53.0 Å². The number of ketones is 1. The summed E-state index contributed by atoms with van der Waals surface area (Å²) in [6, 6.07) is 4.34. The molecule has 0 radical (unpaired) electrons. The molecule has 1 aliphatic rings. The SMILES string of the molecule is O=Cc1ccc(CN2C(=O)C(=O)c3cc(F)c(F)cc32)o1. The maximum absolute atomic E-state index is 13.3. The highest BCUT2D eigenvalue weighted by atomic mass is 19.2. The van der Waals surface area contributed by atoms with Gasteiger partial charge in [0.25, 0.3) is 11.7 Å². The Bertz CT molecular complexity index is 781. The summed E-state index contributed by atoms with van der Waals surface area (Å²) in [5.74, 6) is -3.86. The van der Waals surface area contributed by atoms with Gasteiger partial charge in [-0.25, -0.2) is 8.78 Å². The Labute approximate surface area is 116 Å². The average molecular weight is 291 g/mol. The lowest BCUT2D eigenvalue weighted by atomic mass is 10.1. The van der Waals surface area contributed by atoms with Crippen LogP contribution >= 0.6 is 0 Å². The Hall–Kier alpha value is -2.83. The molecule has 106 valence electrons. The molecule has 0 aliphatic carbocycles. The second kappa shape index (κ2) is 4.62. The molecular weight excluding hydrogens is 284 g/mol. The summed E-state index contributed by atoms with van der Waals surface area (Å²) >= 11 is 0. The summed E-state index contributed by atoms with van der Waals surface area (Å²) in [6.45, 7) is -0.156. The monoisotopic (exact) mass is 291 g/mol. The van der Waals surface area contributed by atoms with Crippen molar-refractivity contribution in [2.24, 2.45) is 0 Å².